The van der Waals surface area contributed by atoms with Crippen molar-refractivity contribution in [3.63, 3.8) is 0 Å². The highest BCUT2D eigenvalue weighted by Gasteiger charge is 2.32. The average molecular weight is 416 g/mol. The summed E-state index contributed by atoms with van der Waals surface area (Å²) in [6, 6.07) is 2.35. The van der Waals surface area contributed by atoms with Crippen molar-refractivity contribution in [3.8, 4) is 0 Å². The van der Waals surface area contributed by atoms with Crippen LogP contribution in [0.15, 0.2) is 35.2 Å². The minimum absolute atomic E-state index is 0.239. The third-order valence-electron chi connectivity index (χ3n) is 4.33. The average Bonchev–Trinajstić information content (AvgIpc) is 2.61. The predicted octanol–water partition coefficient (Wildman–Crippen LogP) is 3.76. The molecule has 0 saturated carbocycles. The van der Waals surface area contributed by atoms with E-state index >= 15 is 0 Å². The van der Waals surface area contributed by atoms with Crippen molar-refractivity contribution < 1.29 is 13.2 Å². The summed E-state index contributed by atoms with van der Waals surface area (Å²) in [6.45, 7) is 1.28. The zero-order valence-corrected chi connectivity index (χ0v) is 15.1. The molecule has 9 heteroatoms. The molecule has 0 aromatic carbocycles. The van der Waals surface area contributed by atoms with Gasteiger partial charge in [-0.1, -0.05) is 0 Å². The highest BCUT2D eigenvalue weighted by molar-refractivity contribution is 9.10. The van der Waals surface area contributed by atoms with E-state index in [9.17, 15) is 13.2 Å². The third kappa shape index (κ3) is 4.20. The van der Waals surface area contributed by atoms with E-state index in [2.05, 4.69) is 30.9 Å². The first-order valence-electron chi connectivity index (χ1n) is 7.83. The summed E-state index contributed by atoms with van der Waals surface area (Å²) in [5.74, 6) is 1.01. The fourth-order valence-electron chi connectivity index (χ4n) is 2.90. The molecular formula is C16H17BrF3N5. The fraction of sp³-hybridized carbons (Fsp3) is 0.438. The zero-order valence-electron chi connectivity index (χ0n) is 13.5. The summed E-state index contributed by atoms with van der Waals surface area (Å²) >= 11 is 3.31. The summed E-state index contributed by atoms with van der Waals surface area (Å²) in [7, 11) is 1.94. The van der Waals surface area contributed by atoms with E-state index in [-0.39, 0.29) is 6.04 Å². The van der Waals surface area contributed by atoms with Gasteiger partial charge in [-0.25, -0.2) is 15.0 Å². The molecule has 1 aliphatic heterocycles. The van der Waals surface area contributed by atoms with E-state index in [1.807, 2.05) is 16.8 Å². The summed E-state index contributed by atoms with van der Waals surface area (Å²) in [6.07, 6.45) is 1.85. The maximum absolute atomic E-state index is 12.8. The minimum atomic E-state index is -4.35. The van der Waals surface area contributed by atoms with Crippen molar-refractivity contribution in [3.05, 3.63) is 40.8 Å². The Hall–Kier alpha value is -1.90. The lowest BCUT2D eigenvalue weighted by Crippen LogP contribution is -2.44. The standard InChI is InChI=1S/C16H17BrF3N5/c1-24(15-22-9-12(17)10-23-15)13-3-6-25(7-4-13)14-8-11(2-5-21-14)16(18,19)20/h2,5,8-10,13H,3-4,6-7H2,1H3. The molecule has 1 saturated heterocycles. The molecule has 0 amide bonds. The molecule has 0 bridgehead atoms. The molecule has 25 heavy (non-hydrogen) atoms. The Morgan fingerprint density at radius 2 is 1.80 bits per heavy atom. The van der Waals surface area contributed by atoms with Gasteiger partial charge < -0.3 is 9.80 Å². The van der Waals surface area contributed by atoms with Crippen molar-refractivity contribution in [1.82, 2.24) is 15.0 Å². The first kappa shape index (κ1) is 17.9. The van der Waals surface area contributed by atoms with Crippen LogP contribution in [0.4, 0.5) is 24.9 Å². The number of alkyl halides is 3. The molecule has 2 aromatic rings. The largest absolute Gasteiger partial charge is 0.416 e. The van der Waals surface area contributed by atoms with Crippen LogP contribution in [0.3, 0.4) is 0 Å². The molecule has 2 aromatic heterocycles. The predicted molar refractivity (Wildman–Crippen MR) is 92.6 cm³/mol. The Morgan fingerprint density at radius 3 is 2.40 bits per heavy atom. The van der Waals surface area contributed by atoms with Crippen LogP contribution in [0, 0.1) is 0 Å². The number of anilines is 2. The van der Waals surface area contributed by atoms with Crippen molar-refractivity contribution in [2.45, 2.75) is 25.1 Å². The molecule has 3 heterocycles. The second-order valence-corrected chi connectivity index (χ2v) is 6.85. The van der Waals surface area contributed by atoms with Gasteiger partial charge in [-0.3, -0.25) is 0 Å². The van der Waals surface area contributed by atoms with E-state index in [0.717, 1.165) is 29.4 Å². The van der Waals surface area contributed by atoms with Crippen LogP contribution in [-0.4, -0.2) is 41.1 Å². The quantitative estimate of drug-likeness (QED) is 0.763. The summed E-state index contributed by atoms with van der Waals surface area (Å²) in [5, 5.41) is 0. The Balaban J connectivity index is 1.65. The van der Waals surface area contributed by atoms with Gasteiger partial charge in [0.05, 0.1) is 10.0 Å². The molecule has 0 spiro atoms. The second kappa shape index (κ2) is 7.15. The number of aromatic nitrogens is 3. The lowest BCUT2D eigenvalue weighted by Gasteiger charge is -2.37. The Morgan fingerprint density at radius 1 is 1.16 bits per heavy atom. The molecule has 0 N–H and O–H groups in total. The lowest BCUT2D eigenvalue weighted by molar-refractivity contribution is -0.137. The molecule has 5 nitrogen and oxygen atoms in total. The van der Waals surface area contributed by atoms with Gasteiger partial charge >= 0.3 is 6.18 Å². The molecular weight excluding hydrogens is 399 g/mol. The van der Waals surface area contributed by atoms with E-state index in [1.54, 1.807) is 12.4 Å². The molecule has 0 unspecified atom stereocenters. The Labute approximate surface area is 152 Å². The Kier molecular flexibility index (Phi) is 5.12. The minimum Gasteiger partial charge on any atom is -0.356 e. The van der Waals surface area contributed by atoms with Crippen LogP contribution < -0.4 is 9.80 Å². The molecule has 1 aliphatic rings. The van der Waals surface area contributed by atoms with Gasteiger partial charge in [-0.15, -0.1) is 0 Å². The highest BCUT2D eigenvalue weighted by atomic mass is 79.9. The summed E-state index contributed by atoms with van der Waals surface area (Å²) < 4.78 is 39.4. The number of halogens is 4. The van der Waals surface area contributed by atoms with Crippen molar-refractivity contribution >= 4 is 27.7 Å². The first-order valence-corrected chi connectivity index (χ1v) is 8.62. The normalized spacial score (nSPS) is 16.1. The number of piperidine rings is 1. The molecule has 0 aliphatic carbocycles. The lowest BCUT2D eigenvalue weighted by atomic mass is 10.0. The number of nitrogens with zero attached hydrogens (tertiary/aromatic N) is 5. The van der Waals surface area contributed by atoms with Gasteiger partial charge in [0.2, 0.25) is 5.95 Å². The monoisotopic (exact) mass is 415 g/mol. The van der Waals surface area contributed by atoms with Gasteiger partial charge in [-0.05, 0) is 40.9 Å². The first-order chi connectivity index (χ1) is 11.8. The fourth-order valence-corrected chi connectivity index (χ4v) is 3.11. The zero-order chi connectivity index (χ0) is 18.0. The van der Waals surface area contributed by atoms with E-state index < -0.39 is 11.7 Å². The maximum atomic E-state index is 12.8. The molecule has 0 atom stereocenters. The van der Waals surface area contributed by atoms with E-state index in [0.29, 0.717) is 24.9 Å². The third-order valence-corrected chi connectivity index (χ3v) is 4.74. The SMILES string of the molecule is CN(c1ncc(Br)cn1)C1CCN(c2cc(C(F)(F)F)ccn2)CC1. The molecule has 0 radical (unpaired) electrons. The van der Waals surface area contributed by atoms with Gasteiger partial charge in [0, 0.05) is 44.8 Å². The molecule has 1 fully saturated rings. The second-order valence-electron chi connectivity index (χ2n) is 5.93. The van der Waals surface area contributed by atoms with Gasteiger partial charge in [0.25, 0.3) is 0 Å². The number of hydrogen-bond acceptors (Lipinski definition) is 5. The summed E-state index contributed by atoms with van der Waals surface area (Å²) in [4.78, 5) is 16.6. The molecule has 3 rings (SSSR count). The van der Waals surface area contributed by atoms with Crippen molar-refractivity contribution in [2.75, 3.05) is 29.9 Å². The van der Waals surface area contributed by atoms with Gasteiger partial charge in [-0.2, -0.15) is 13.2 Å². The number of hydrogen-bond donors (Lipinski definition) is 0. The van der Waals surface area contributed by atoms with E-state index in [1.165, 1.54) is 6.20 Å². The Bertz CT molecular complexity index is 714. The van der Waals surface area contributed by atoms with Crippen LogP contribution in [0.5, 0.6) is 0 Å². The molecule has 134 valence electrons. The van der Waals surface area contributed by atoms with Crippen LogP contribution in [0.25, 0.3) is 0 Å². The van der Waals surface area contributed by atoms with Gasteiger partial charge in [0.15, 0.2) is 0 Å². The maximum Gasteiger partial charge on any atom is 0.416 e. The smallest absolute Gasteiger partial charge is 0.356 e. The number of pyridine rings is 1. The topological polar surface area (TPSA) is 45.2 Å². The van der Waals surface area contributed by atoms with Crippen LogP contribution in [0.2, 0.25) is 0 Å². The van der Waals surface area contributed by atoms with Crippen molar-refractivity contribution in [1.29, 1.82) is 0 Å². The van der Waals surface area contributed by atoms with Crippen LogP contribution in [0.1, 0.15) is 18.4 Å². The number of rotatable bonds is 3. The summed E-state index contributed by atoms with van der Waals surface area (Å²) in [5.41, 5.74) is -0.667. The van der Waals surface area contributed by atoms with E-state index in [4.69, 9.17) is 0 Å². The van der Waals surface area contributed by atoms with Gasteiger partial charge in [0.1, 0.15) is 5.82 Å². The highest BCUT2D eigenvalue weighted by Crippen LogP contribution is 2.31. The van der Waals surface area contributed by atoms with Crippen molar-refractivity contribution in [2.24, 2.45) is 0 Å². The van der Waals surface area contributed by atoms with Crippen LogP contribution in [-0.2, 0) is 6.18 Å². The van der Waals surface area contributed by atoms with Crippen LogP contribution >= 0.6 is 15.9 Å².